The first-order valence-electron chi connectivity index (χ1n) is 9.58. The molecule has 2 aromatic rings. The molecule has 0 aliphatic carbocycles. The molecule has 0 fully saturated rings. The van der Waals surface area contributed by atoms with Crippen LogP contribution in [0.25, 0.3) is 6.08 Å². The van der Waals surface area contributed by atoms with Crippen molar-refractivity contribution in [2.75, 3.05) is 20.3 Å². The molecule has 1 aliphatic heterocycles. The van der Waals surface area contributed by atoms with Crippen molar-refractivity contribution in [1.82, 2.24) is 0 Å². The van der Waals surface area contributed by atoms with Crippen LogP contribution in [-0.2, 0) is 10.2 Å². The molecule has 2 N–H and O–H groups in total. The van der Waals surface area contributed by atoms with Gasteiger partial charge in [0, 0.05) is 0 Å². The zero-order valence-corrected chi connectivity index (χ0v) is 18.4. The highest BCUT2D eigenvalue weighted by molar-refractivity contribution is 8.18. The van der Waals surface area contributed by atoms with Crippen LogP contribution in [-0.4, -0.2) is 31.4 Å². The average Bonchev–Trinajstić information content (AvgIpc) is 3.02. The first-order valence-corrected chi connectivity index (χ1v) is 10.4. The molecule has 0 spiro atoms. The van der Waals surface area contributed by atoms with Crippen molar-refractivity contribution in [3.8, 4) is 17.2 Å². The van der Waals surface area contributed by atoms with E-state index >= 15 is 0 Å². The monoisotopic (exact) mass is 426 g/mol. The van der Waals surface area contributed by atoms with Gasteiger partial charge in [-0.15, -0.1) is 0 Å². The van der Waals surface area contributed by atoms with Crippen LogP contribution in [0.15, 0.2) is 52.4 Å². The number of amidine groups is 1. The maximum absolute atomic E-state index is 11.7. The Morgan fingerprint density at radius 1 is 1.03 bits per heavy atom. The Balaban J connectivity index is 1.55. The molecule has 0 radical (unpaired) electrons. The molecule has 1 aliphatic rings. The molecule has 0 aromatic heterocycles. The summed E-state index contributed by atoms with van der Waals surface area (Å²) in [7, 11) is 1.57. The Morgan fingerprint density at radius 3 is 2.33 bits per heavy atom. The molecule has 1 amide bonds. The van der Waals surface area contributed by atoms with E-state index in [1.807, 2.05) is 18.2 Å². The molecule has 0 saturated heterocycles. The van der Waals surface area contributed by atoms with E-state index in [2.05, 4.69) is 37.9 Å². The number of thioether (sulfide) groups is 1. The summed E-state index contributed by atoms with van der Waals surface area (Å²) in [5, 5.41) is 0.256. The van der Waals surface area contributed by atoms with Crippen LogP contribution in [0.4, 0.5) is 0 Å². The highest BCUT2D eigenvalue weighted by atomic mass is 32.2. The van der Waals surface area contributed by atoms with E-state index in [0.717, 1.165) is 23.1 Å². The lowest BCUT2D eigenvalue weighted by Crippen LogP contribution is -2.11. The predicted octanol–water partition coefficient (Wildman–Crippen LogP) is 4.38. The molecular formula is C23H26N2O4S. The Morgan fingerprint density at radius 2 is 1.73 bits per heavy atom. The van der Waals surface area contributed by atoms with Gasteiger partial charge in [0.2, 0.25) is 0 Å². The Hall–Kier alpha value is -2.93. The highest BCUT2D eigenvalue weighted by Gasteiger charge is 2.19. The normalized spacial score (nSPS) is 15.3. The number of carbonyl (C=O) groups excluding carboxylic acids is 1. The zero-order chi connectivity index (χ0) is 21.7. The number of benzene rings is 2. The minimum atomic E-state index is -0.329. The second-order valence-corrected chi connectivity index (χ2v) is 8.81. The molecular weight excluding hydrogens is 400 g/mol. The van der Waals surface area contributed by atoms with Gasteiger partial charge in [-0.25, -0.2) is 0 Å². The van der Waals surface area contributed by atoms with E-state index in [-0.39, 0.29) is 16.5 Å². The van der Waals surface area contributed by atoms with Crippen LogP contribution >= 0.6 is 11.8 Å². The van der Waals surface area contributed by atoms with E-state index < -0.39 is 0 Å². The summed E-state index contributed by atoms with van der Waals surface area (Å²) in [5.41, 5.74) is 7.76. The number of nitrogens with zero attached hydrogens (tertiary/aromatic N) is 1. The van der Waals surface area contributed by atoms with Crippen LogP contribution < -0.4 is 19.9 Å². The molecule has 7 heteroatoms. The number of hydrogen-bond donors (Lipinski definition) is 1. The van der Waals surface area contributed by atoms with Crippen molar-refractivity contribution in [2.24, 2.45) is 10.7 Å². The topological polar surface area (TPSA) is 83.1 Å². The lowest BCUT2D eigenvalue weighted by molar-refractivity contribution is -0.113. The molecule has 1 heterocycles. The van der Waals surface area contributed by atoms with Gasteiger partial charge in [0.25, 0.3) is 5.91 Å². The fourth-order valence-corrected chi connectivity index (χ4v) is 3.51. The first kappa shape index (κ1) is 21.8. The molecule has 158 valence electrons. The molecule has 6 nitrogen and oxygen atoms in total. The molecule has 2 aromatic carbocycles. The van der Waals surface area contributed by atoms with Crippen LogP contribution in [0, 0.1) is 0 Å². The SMILES string of the molecule is COc1cc(C=C2SC(N)=NC2=O)ccc1OCCOc1ccc(C(C)(C)C)cc1. The lowest BCUT2D eigenvalue weighted by atomic mass is 9.87. The van der Waals surface area contributed by atoms with Gasteiger partial charge in [-0.1, -0.05) is 39.0 Å². The summed E-state index contributed by atoms with van der Waals surface area (Å²) >= 11 is 1.15. The third-order valence-electron chi connectivity index (χ3n) is 4.45. The summed E-state index contributed by atoms with van der Waals surface area (Å²) in [6.07, 6.45) is 1.73. The molecule has 3 rings (SSSR count). The van der Waals surface area contributed by atoms with Crippen molar-refractivity contribution in [1.29, 1.82) is 0 Å². The third kappa shape index (κ3) is 5.57. The van der Waals surface area contributed by atoms with E-state index in [1.54, 1.807) is 25.3 Å². The summed E-state index contributed by atoms with van der Waals surface area (Å²) in [4.78, 5) is 15.9. The number of hydrogen-bond acceptors (Lipinski definition) is 6. The number of nitrogens with two attached hydrogens (primary N) is 1. The van der Waals surface area contributed by atoms with Gasteiger partial charge in [-0.05, 0) is 58.6 Å². The number of amides is 1. The number of rotatable bonds is 7. The predicted molar refractivity (Wildman–Crippen MR) is 121 cm³/mol. The van der Waals surface area contributed by atoms with Gasteiger partial charge in [0.05, 0.1) is 12.0 Å². The standard InChI is InChI=1S/C23H26N2O4S/c1-23(2,3)16-6-8-17(9-7-16)28-11-12-29-18-10-5-15(13-19(18)27-4)14-20-21(26)25-22(24)30-20/h5-10,13-14H,11-12H2,1-4H3,(H2,24,25,26). The van der Waals surface area contributed by atoms with Crippen molar-refractivity contribution < 1.29 is 19.0 Å². The zero-order valence-electron chi connectivity index (χ0n) is 17.6. The second kappa shape index (κ2) is 9.26. The molecule has 0 unspecified atom stereocenters. The highest BCUT2D eigenvalue weighted by Crippen LogP contribution is 2.32. The van der Waals surface area contributed by atoms with E-state index in [0.29, 0.717) is 29.6 Å². The Labute approximate surface area is 181 Å². The smallest absolute Gasteiger partial charge is 0.286 e. The van der Waals surface area contributed by atoms with E-state index in [9.17, 15) is 4.79 Å². The van der Waals surface area contributed by atoms with Gasteiger partial charge in [-0.3, -0.25) is 4.79 Å². The number of methoxy groups -OCH3 is 1. The summed E-state index contributed by atoms with van der Waals surface area (Å²) in [6, 6.07) is 13.6. The quantitative estimate of drug-likeness (QED) is 0.523. The van der Waals surface area contributed by atoms with Gasteiger partial charge >= 0.3 is 0 Å². The van der Waals surface area contributed by atoms with Gasteiger partial charge in [0.15, 0.2) is 16.7 Å². The second-order valence-electron chi connectivity index (χ2n) is 7.75. The minimum absolute atomic E-state index is 0.115. The number of carbonyl (C=O) groups is 1. The maximum Gasteiger partial charge on any atom is 0.286 e. The summed E-state index contributed by atoms with van der Waals surface area (Å²) in [6.45, 7) is 7.32. The molecule has 30 heavy (non-hydrogen) atoms. The van der Waals surface area contributed by atoms with Gasteiger partial charge in [0.1, 0.15) is 19.0 Å². The third-order valence-corrected chi connectivity index (χ3v) is 5.27. The minimum Gasteiger partial charge on any atom is -0.493 e. The Kier molecular flexibility index (Phi) is 6.72. The molecule has 0 saturated carbocycles. The van der Waals surface area contributed by atoms with Crippen molar-refractivity contribution in [3.63, 3.8) is 0 Å². The van der Waals surface area contributed by atoms with Gasteiger partial charge < -0.3 is 19.9 Å². The van der Waals surface area contributed by atoms with Crippen LogP contribution in [0.3, 0.4) is 0 Å². The largest absolute Gasteiger partial charge is 0.493 e. The van der Waals surface area contributed by atoms with E-state index in [1.165, 1.54) is 5.56 Å². The molecule has 0 atom stereocenters. The average molecular weight is 427 g/mol. The summed E-state index contributed by atoms with van der Waals surface area (Å²) < 4.78 is 17.0. The number of ether oxygens (including phenoxy) is 3. The van der Waals surface area contributed by atoms with Crippen LogP contribution in [0.5, 0.6) is 17.2 Å². The van der Waals surface area contributed by atoms with Crippen molar-refractivity contribution in [2.45, 2.75) is 26.2 Å². The maximum atomic E-state index is 11.7. The fourth-order valence-electron chi connectivity index (χ4n) is 2.83. The summed E-state index contributed by atoms with van der Waals surface area (Å²) in [5.74, 6) is 1.65. The number of aliphatic imine (C=N–C) groups is 1. The Bertz CT molecular complexity index is 976. The van der Waals surface area contributed by atoms with Crippen LogP contribution in [0.2, 0.25) is 0 Å². The lowest BCUT2D eigenvalue weighted by Gasteiger charge is -2.19. The first-order chi connectivity index (χ1) is 14.3. The van der Waals surface area contributed by atoms with Crippen molar-refractivity contribution >= 4 is 28.9 Å². The molecule has 0 bridgehead atoms. The van der Waals surface area contributed by atoms with Crippen LogP contribution in [0.1, 0.15) is 31.9 Å². The van der Waals surface area contributed by atoms with E-state index in [4.69, 9.17) is 19.9 Å². The van der Waals surface area contributed by atoms with Gasteiger partial charge in [-0.2, -0.15) is 4.99 Å². The van der Waals surface area contributed by atoms with Crippen molar-refractivity contribution in [3.05, 3.63) is 58.5 Å². The fraction of sp³-hybridized carbons (Fsp3) is 0.304.